The molecule has 0 bridgehead atoms. The summed E-state index contributed by atoms with van der Waals surface area (Å²) in [5.41, 5.74) is 2.05. The van der Waals surface area contributed by atoms with Crippen molar-refractivity contribution in [2.75, 3.05) is 6.54 Å². The zero-order chi connectivity index (χ0) is 20.4. The van der Waals surface area contributed by atoms with Crippen molar-refractivity contribution in [2.45, 2.75) is 52.1 Å². The monoisotopic (exact) mass is 444 g/mol. The van der Waals surface area contributed by atoms with Crippen LogP contribution in [-0.2, 0) is 22.6 Å². The molecule has 2 aromatic rings. The van der Waals surface area contributed by atoms with Crippen LogP contribution in [0.2, 0.25) is 0 Å². The summed E-state index contributed by atoms with van der Waals surface area (Å²) in [6.07, 6.45) is 2.81. The Morgan fingerprint density at radius 3 is 2.29 bits per heavy atom. The number of nitrogens with one attached hydrogen (secondary N) is 1. The first-order chi connectivity index (χ1) is 13.5. The fourth-order valence-corrected chi connectivity index (χ4v) is 3.31. The van der Waals surface area contributed by atoms with Crippen LogP contribution in [0.4, 0.5) is 0 Å². The second-order valence-corrected chi connectivity index (χ2v) is 7.77. The Bertz CT molecular complexity index is 747. The van der Waals surface area contributed by atoms with E-state index < -0.39 is 6.04 Å². The summed E-state index contributed by atoms with van der Waals surface area (Å²) in [6, 6.07) is 17.2. The summed E-state index contributed by atoms with van der Waals surface area (Å²) in [5, 5.41) is 3.02. The number of hydrogen-bond acceptors (Lipinski definition) is 2. The lowest BCUT2D eigenvalue weighted by atomic mass is 10.0. The first-order valence-corrected chi connectivity index (χ1v) is 10.7. The first kappa shape index (κ1) is 22.2. The highest BCUT2D eigenvalue weighted by molar-refractivity contribution is 9.10. The predicted molar refractivity (Wildman–Crippen MR) is 117 cm³/mol. The molecule has 0 aromatic heterocycles. The zero-order valence-electron chi connectivity index (χ0n) is 16.7. The molecule has 2 aromatic carbocycles. The highest BCUT2D eigenvalue weighted by atomic mass is 79.9. The molecule has 0 saturated carbocycles. The van der Waals surface area contributed by atoms with Crippen LogP contribution in [0.3, 0.4) is 0 Å². The van der Waals surface area contributed by atoms with E-state index in [1.807, 2.05) is 61.5 Å². The fourth-order valence-electron chi connectivity index (χ4n) is 3.05. The van der Waals surface area contributed by atoms with E-state index in [4.69, 9.17) is 0 Å². The maximum Gasteiger partial charge on any atom is 0.243 e. The molecule has 0 saturated heterocycles. The molecule has 0 aliphatic heterocycles. The van der Waals surface area contributed by atoms with Crippen molar-refractivity contribution in [3.63, 3.8) is 0 Å². The molecule has 1 N–H and O–H groups in total. The summed E-state index contributed by atoms with van der Waals surface area (Å²) in [6.45, 7) is 4.98. The zero-order valence-corrected chi connectivity index (χ0v) is 18.2. The van der Waals surface area contributed by atoms with E-state index in [1.54, 1.807) is 4.90 Å². The molecule has 1 atom stereocenters. The normalized spacial score (nSPS) is 11.7. The summed E-state index contributed by atoms with van der Waals surface area (Å²) in [5.74, 6) is -0.106. The van der Waals surface area contributed by atoms with E-state index in [1.165, 1.54) is 0 Å². The minimum atomic E-state index is -0.532. The summed E-state index contributed by atoms with van der Waals surface area (Å²) in [4.78, 5) is 27.5. The average molecular weight is 445 g/mol. The number of unbranched alkanes of at least 4 members (excludes halogenated alkanes) is 1. The number of carbonyl (C=O) groups is 2. The van der Waals surface area contributed by atoms with Crippen LogP contribution in [-0.4, -0.2) is 29.3 Å². The smallest absolute Gasteiger partial charge is 0.243 e. The van der Waals surface area contributed by atoms with Crippen LogP contribution in [0.25, 0.3) is 0 Å². The number of rotatable bonds is 10. The van der Waals surface area contributed by atoms with Gasteiger partial charge in [-0.3, -0.25) is 9.59 Å². The van der Waals surface area contributed by atoms with Crippen LogP contribution in [0.15, 0.2) is 59.1 Å². The van der Waals surface area contributed by atoms with E-state index in [0.717, 1.165) is 28.4 Å². The standard InChI is InChI=1S/C23H29BrN2O2/c1-3-5-15-25-23(28)21(16-18-9-7-6-8-10-18)26(22(27)4-2)17-19-11-13-20(24)14-12-19/h6-14,21H,3-5,15-17H2,1-2H3,(H,25,28). The number of nitrogens with zero attached hydrogens (tertiary/aromatic N) is 1. The molecule has 0 spiro atoms. The van der Waals surface area contributed by atoms with Crippen molar-refractivity contribution in [3.05, 3.63) is 70.2 Å². The Morgan fingerprint density at radius 2 is 1.68 bits per heavy atom. The molecule has 2 amide bonds. The largest absolute Gasteiger partial charge is 0.354 e. The molecular weight excluding hydrogens is 416 g/mol. The Kier molecular flexibility index (Phi) is 9.21. The van der Waals surface area contributed by atoms with Gasteiger partial charge in [0, 0.05) is 30.4 Å². The van der Waals surface area contributed by atoms with Gasteiger partial charge < -0.3 is 10.2 Å². The molecule has 28 heavy (non-hydrogen) atoms. The van der Waals surface area contributed by atoms with Gasteiger partial charge in [0.25, 0.3) is 0 Å². The van der Waals surface area contributed by atoms with Gasteiger partial charge in [-0.05, 0) is 29.7 Å². The van der Waals surface area contributed by atoms with Crippen LogP contribution in [0.5, 0.6) is 0 Å². The second kappa shape index (κ2) is 11.6. The van der Waals surface area contributed by atoms with Gasteiger partial charge >= 0.3 is 0 Å². The van der Waals surface area contributed by atoms with E-state index in [0.29, 0.717) is 25.9 Å². The van der Waals surface area contributed by atoms with Crippen molar-refractivity contribution < 1.29 is 9.59 Å². The molecule has 0 radical (unpaired) electrons. The average Bonchev–Trinajstić information content (AvgIpc) is 2.72. The first-order valence-electron chi connectivity index (χ1n) is 9.90. The van der Waals surface area contributed by atoms with Gasteiger partial charge in [0.1, 0.15) is 6.04 Å². The maximum absolute atomic E-state index is 13.0. The SMILES string of the molecule is CCCCNC(=O)C(Cc1ccccc1)N(Cc1ccc(Br)cc1)C(=O)CC. The Morgan fingerprint density at radius 1 is 1.00 bits per heavy atom. The summed E-state index contributed by atoms with van der Waals surface area (Å²) in [7, 11) is 0. The molecule has 0 aliphatic rings. The quantitative estimate of drug-likeness (QED) is 0.539. The van der Waals surface area contributed by atoms with Crippen LogP contribution in [0, 0.1) is 0 Å². The second-order valence-electron chi connectivity index (χ2n) is 6.85. The van der Waals surface area contributed by atoms with Crippen molar-refractivity contribution in [3.8, 4) is 0 Å². The topological polar surface area (TPSA) is 49.4 Å². The molecule has 0 heterocycles. The van der Waals surface area contributed by atoms with Crippen molar-refractivity contribution in [2.24, 2.45) is 0 Å². The Balaban J connectivity index is 2.28. The number of carbonyl (C=O) groups excluding carboxylic acids is 2. The minimum absolute atomic E-state index is 0.0190. The van der Waals surface area contributed by atoms with Crippen LogP contribution < -0.4 is 5.32 Å². The molecular formula is C23H29BrN2O2. The summed E-state index contributed by atoms with van der Waals surface area (Å²) < 4.78 is 0.989. The van der Waals surface area contributed by atoms with Gasteiger partial charge in [-0.2, -0.15) is 0 Å². The molecule has 5 heteroatoms. The highest BCUT2D eigenvalue weighted by Crippen LogP contribution is 2.17. The molecule has 2 rings (SSSR count). The van der Waals surface area contributed by atoms with Crippen molar-refractivity contribution in [1.82, 2.24) is 10.2 Å². The highest BCUT2D eigenvalue weighted by Gasteiger charge is 2.29. The van der Waals surface area contributed by atoms with Crippen molar-refractivity contribution >= 4 is 27.7 Å². The van der Waals surface area contributed by atoms with Gasteiger partial charge in [-0.15, -0.1) is 0 Å². The lowest BCUT2D eigenvalue weighted by Crippen LogP contribution is -2.50. The third kappa shape index (κ3) is 6.79. The molecule has 0 fully saturated rings. The lowest BCUT2D eigenvalue weighted by molar-refractivity contribution is -0.141. The number of amides is 2. The molecule has 150 valence electrons. The molecule has 1 unspecified atom stereocenters. The maximum atomic E-state index is 13.0. The fraction of sp³-hybridized carbons (Fsp3) is 0.391. The summed E-state index contributed by atoms with van der Waals surface area (Å²) >= 11 is 3.44. The predicted octanol–water partition coefficient (Wildman–Crippen LogP) is 4.72. The Hall–Kier alpha value is -2.14. The number of benzene rings is 2. The van der Waals surface area contributed by atoms with Crippen LogP contribution >= 0.6 is 15.9 Å². The molecule has 4 nitrogen and oxygen atoms in total. The third-order valence-corrected chi connectivity index (χ3v) is 5.20. The van der Waals surface area contributed by atoms with Gasteiger partial charge in [-0.25, -0.2) is 0 Å². The van der Waals surface area contributed by atoms with E-state index in [9.17, 15) is 9.59 Å². The van der Waals surface area contributed by atoms with E-state index in [2.05, 4.69) is 28.2 Å². The van der Waals surface area contributed by atoms with E-state index in [-0.39, 0.29) is 11.8 Å². The van der Waals surface area contributed by atoms with Gasteiger partial charge in [-0.1, -0.05) is 78.7 Å². The molecule has 0 aliphatic carbocycles. The van der Waals surface area contributed by atoms with Crippen LogP contribution in [0.1, 0.15) is 44.2 Å². The van der Waals surface area contributed by atoms with Gasteiger partial charge in [0.05, 0.1) is 0 Å². The number of halogens is 1. The minimum Gasteiger partial charge on any atom is -0.354 e. The van der Waals surface area contributed by atoms with E-state index >= 15 is 0 Å². The van der Waals surface area contributed by atoms with Gasteiger partial charge in [0.2, 0.25) is 11.8 Å². The Labute approximate surface area is 176 Å². The number of hydrogen-bond donors (Lipinski definition) is 1. The van der Waals surface area contributed by atoms with Crippen molar-refractivity contribution in [1.29, 1.82) is 0 Å². The third-order valence-electron chi connectivity index (χ3n) is 4.67. The van der Waals surface area contributed by atoms with Gasteiger partial charge in [0.15, 0.2) is 0 Å². The lowest BCUT2D eigenvalue weighted by Gasteiger charge is -2.31.